The molecule has 0 saturated heterocycles. The number of amides is 1. The van der Waals surface area contributed by atoms with Crippen LogP contribution in [0.3, 0.4) is 0 Å². The molecule has 0 fully saturated rings. The quantitative estimate of drug-likeness (QED) is 0.206. The van der Waals surface area contributed by atoms with E-state index in [0.29, 0.717) is 50.2 Å². The molecule has 7 heteroatoms. The topological polar surface area (TPSA) is 66.5 Å². The third-order valence-electron chi connectivity index (χ3n) is 5.17. The lowest BCUT2D eigenvalue weighted by molar-refractivity contribution is -0.00848. The van der Waals surface area contributed by atoms with Crippen LogP contribution >= 0.6 is 0 Å². The molecule has 0 aliphatic heterocycles. The number of para-hydroxylation sites is 2. The fourth-order valence-electron chi connectivity index (χ4n) is 3.33. The van der Waals surface area contributed by atoms with Crippen molar-refractivity contribution in [3.05, 3.63) is 54.1 Å². The number of rotatable bonds is 17. The number of benzene rings is 2. The average molecular weight is 474 g/mol. The predicted molar refractivity (Wildman–Crippen MR) is 133 cm³/mol. The summed E-state index contributed by atoms with van der Waals surface area (Å²) in [5, 5.41) is 0. The smallest absolute Gasteiger partial charge is 0.415 e. The fourth-order valence-corrected chi connectivity index (χ4v) is 3.33. The van der Waals surface area contributed by atoms with Gasteiger partial charge in [-0.15, -0.1) is 0 Å². The fraction of sp³-hybridized carbons (Fsp3) is 0.519. The molecule has 1 amide bonds. The predicted octanol–water partition coefficient (Wildman–Crippen LogP) is 6.06. The van der Waals surface area contributed by atoms with Crippen molar-refractivity contribution < 1.29 is 28.5 Å². The number of hydrogen-bond acceptors (Lipinski definition) is 6. The number of carbonyl (C=O) groups excluding carboxylic acids is 1. The van der Waals surface area contributed by atoms with Crippen LogP contribution in [0.25, 0.3) is 0 Å². The maximum absolute atomic E-state index is 13.1. The second-order valence-corrected chi connectivity index (χ2v) is 7.89. The van der Waals surface area contributed by atoms with E-state index in [9.17, 15) is 4.79 Å². The van der Waals surface area contributed by atoms with Crippen LogP contribution in [-0.2, 0) is 16.0 Å². The highest BCUT2D eigenvalue weighted by Crippen LogP contribution is 2.27. The van der Waals surface area contributed by atoms with Gasteiger partial charge in [-0.2, -0.15) is 0 Å². The van der Waals surface area contributed by atoms with Crippen LogP contribution in [0.2, 0.25) is 0 Å². The zero-order chi connectivity index (χ0) is 24.4. The second-order valence-electron chi connectivity index (χ2n) is 7.89. The highest BCUT2D eigenvalue weighted by molar-refractivity contribution is 5.71. The van der Waals surface area contributed by atoms with E-state index in [-0.39, 0.29) is 12.9 Å². The molecule has 7 nitrogen and oxygen atoms in total. The summed E-state index contributed by atoms with van der Waals surface area (Å²) in [4.78, 5) is 14.8. The molecule has 2 aromatic carbocycles. The zero-order valence-corrected chi connectivity index (χ0v) is 20.8. The van der Waals surface area contributed by atoms with Crippen molar-refractivity contribution in [1.29, 1.82) is 0 Å². The highest BCUT2D eigenvalue weighted by atomic mass is 16.7. The molecular formula is C27H39NO6. The summed E-state index contributed by atoms with van der Waals surface area (Å²) >= 11 is 0. The van der Waals surface area contributed by atoms with Gasteiger partial charge < -0.3 is 28.6 Å². The molecule has 0 aliphatic rings. The van der Waals surface area contributed by atoms with Crippen LogP contribution in [0.15, 0.2) is 48.5 Å². The Morgan fingerprint density at radius 3 is 2.29 bits per heavy atom. The van der Waals surface area contributed by atoms with Crippen LogP contribution in [-0.4, -0.2) is 51.3 Å². The number of unbranched alkanes of at least 4 members (excludes halogenated alkanes) is 4. The highest BCUT2D eigenvalue weighted by Gasteiger charge is 2.18. The van der Waals surface area contributed by atoms with Crippen molar-refractivity contribution >= 4 is 6.09 Å². The van der Waals surface area contributed by atoms with E-state index in [2.05, 4.69) is 6.92 Å². The summed E-state index contributed by atoms with van der Waals surface area (Å²) in [5.41, 5.74) is 0.997. The lowest BCUT2D eigenvalue weighted by Gasteiger charge is -2.23. The van der Waals surface area contributed by atoms with Gasteiger partial charge in [0.2, 0.25) is 0 Å². The van der Waals surface area contributed by atoms with Gasteiger partial charge in [-0.05, 0) is 43.2 Å². The van der Waals surface area contributed by atoms with Gasteiger partial charge in [-0.25, -0.2) is 4.79 Å². The van der Waals surface area contributed by atoms with E-state index in [0.717, 1.165) is 18.4 Å². The number of ether oxygens (including phenoxy) is 5. The van der Waals surface area contributed by atoms with Crippen LogP contribution < -0.4 is 14.2 Å². The molecule has 0 heterocycles. The Bertz CT molecular complexity index is 811. The molecule has 2 aromatic rings. The Labute approximate surface area is 203 Å². The van der Waals surface area contributed by atoms with Crippen molar-refractivity contribution in [3.63, 3.8) is 0 Å². The van der Waals surface area contributed by atoms with E-state index in [1.165, 1.54) is 19.3 Å². The maximum atomic E-state index is 13.1. The van der Waals surface area contributed by atoms with Gasteiger partial charge in [-0.1, -0.05) is 56.9 Å². The molecule has 0 atom stereocenters. The average Bonchev–Trinajstić information content (AvgIpc) is 2.85. The van der Waals surface area contributed by atoms with Gasteiger partial charge in [0, 0.05) is 20.2 Å². The monoisotopic (exact) mass is 473 g/mol. The molecule has 0 aromatic heterocycles. The van der Waals surface area contributed by atoms with E-state index in [1.807, 2.05) is 43.3 Å². The van der Waals surface area contributed by atoms with Crippen molar-refractivity contribution in [2.24, 2.45) is 0 Å². The summed E-state index contributed by atoms with van der Waals surface area (Å²) in [6.45, 7) is 6.86. The molecule has 2 rings (SSSR count). The Kier molecular flexibility index (Phi) is 13.6. The number of methoxy groups -OCH3 is 1. The number of hydrogen-bond donors (Lipinski definition) is 0. The van der Waals surface area contributed by atoms with Crippen molar-refractivity contribution in [2.75, 3.05) is 40.3 Å². The largest absolute Gasteiger partial charge is 0.490 e. The summed E-state index contributed by atoms with van der Waals surface area (Å²) in [5.74, 6) is 1.71. The number of nitrogens with zero attached hydrogens (tertiary/aromatic N) is 1. The van der Waals surface area contributed by atoms with Gasteiger partial charge in [-0.3, -0.25) is 0 Å². The normalized spacial score (nSPS) is 10.7. The zero-order valence-electron chi connectivity index (χ0n) is 20.8. The van der Waals surface area contributed by atoms with Gasteiger partial charge in [0.25, 0.3) is 0 Å². The second kappa shape index (κ2) is 16.8. The lowest BCUT2D eigenvalue weighted by Crippen LogP contribution is -2.34. The summed E-state index contributed by atoms with van der Waals surface area (Å²) < 4.78 is 27.2. The van der Waals surface area contributed by atoms with Crippen LogP contribution in [0.5, 0.6) is 17.2 Å². The minimum atomic E-state index is -0.380. The molecule has 0 bridgehead atoms. The summed E-state index contributed by atoms with van der Waals surface area (Å²) in [7, 11) is 1.63. The Balaban J connectivity index is 1.98. The van der Waals surface area contributed by atoms with Crippen LogP contribution in [0, 0.1) is 0 Å². The molecule has 0 radical (unpaired) electrons. The molecule has 188 valence electrons. The van der Waals surface area contributed by atoms with Crippen LogP contribution in [0.1, 0.15) is 51.5 Å². The first-order chi connectivity index (χ1) is 16.7. The minimum absolute atomic E-state index is 0.165. The summed E-state index contributed by atoms with van der Waals surface area (Å²) in [6, 6.07) is 14.9. The first-order valence-corrected chi connectivity index (χ1v) is 12.1. The van der Waals surface area contributed by atoms with Gasteiger partial charge in [0.05, 0.1) is 19.8 Å². The SMILES string of the molecule is CCCCCCCN(Cc1ccc(OCOCCOC)cc1)C(=O)Oc1ccccc1OCC. The van der Waals surface area contributed by atoms with E-state index >= 15 is 0 Å². The lowest BCUT2D eigenvalue weighted by atomic mass is 10.1. The third-order valence-corrected chi connectivity index (χ3v) is 5.17. The first kappa shape index (κ1) is 27.5. The van der Waals surface area contributed by atoms with Crippen molar-refractivity contribution in [3.8, 4) is 17.2 Å². The minimum Gasteiger partial charge on any atom is -0.490 e. The molecule has 0 aliphatic carbocycles. The van der Waals surface area contributed by atoms with Crippen molar-refractivity contribution in [1.82, 2.24) is 4.90 Å². The summed E-state index contributed by atoms with van der Waals surface area (Å²) in [6.07, 6.45) is 5.21. The number of carbonyl (C=O) groups is 1. The van der Waals surface area contributed by atoms with Gasteiger partial charge in [0.1, 0.15) is 5.75 Å². The molecular weight excluding hydrogens is 434 g/mol. The first-order valence-electron chi connectivity index (χ1n) is 12.1. The Morgan fingerprint density at radius 2 is 1.59 bits per heavy atom. The molecule has 0 N–H and O–H groups in total. The van der Waals surface area contributed by atoms with Crippen LogP contribution in [0.4, 0.5) is 4.79 Å². The molecule has 0 unspecified atom stereocenters. The molecule has 0 saturated carbocycles. The Hall–Kier alpha value is -2.77. The Morgan fingerprint density at radius 1 is 0.853 bits per heavy atom. The van der Waals surface area contributed by atoms with E-state index < -0.39 is 0 Å². The third kappa shape index (κ3) is 10.4. The van der Waals surface area contributed by atoms with Gasteiger partial charge in [0.15, 0.2) is 18.3 Å². The molecule has 0 spiro atoms. The maximum Gasteiger partial charge on any atom is 0.415 e. The van der Waals surface area contributed by atoms with E-state index in [1.54, 1.807) is 24.1 Å². The standard InChI is InChI=1S/C27H39NO6/c1-4-6-7-8-11-18-28(27(29)34-26-13-10-9-12-25(26)32-5-2)21-23-14-16-24(17-15-23)33-22-31-20-19-30-3/h9-10,12-17H,4-8,11,18-22H2,1-3H3. The van der Waals surface area contributed by atoms with E-state index in [4.69, 9.17) is 23.7 Å². The van der Waals surface area contributed by atoms with Crippen molar-refractivity contribution in [2.45, 2.75) is 52.5 Å². The molecule has 34 heavy (non-hydrogen) atoms. The van der Waals surface area contributed by atoms with Gasteiger partial charge >= 0.3 is 6.09 Å².